The number of rotatable bonds is 4. The largest absolute Gasteiger partial charge is 0.481 e. The Kier molecular flexibility index (Phi) is 4.80. The molecule has 0 radical (unpaired) electrons. The molecule has 4 nitrogen and oxygen atoms in total. The maximum Gasteiger partial charge on any atom is 0.333 e. The molecule has 0 unspecified atom stereocenters. The molecule has 0 aromatic heterocycles. The van der Waals surface area contributed by atoms with Gasteiger partial charge in [0.05, 0.1) is 12.5 Å². The molecule has 0 atom stereocenters. The predicted octanol–water partition coefficient (Wildman–Crippen LogP) is 1.36. The van der Waals surface area contributed by atoms with E-state index in [1.165, 1.54) is 13.0 Å². The lowest BCUT2D eigenvalue weighted by atomic mass is 10.2. The average molecular weight is 186 g/mol. The van der Waals surface area contributed by atoms with Crippen molar-refractivity contribution in [3.63, 3.8) is 0 Å². The van der Waals surface area contributed by atoms with E-state index in [2.05, 4.69) is 0 Å². The monoisotopic (exact) mass is 186 g/mol. The molecule has 0 aliphatic rings. The number of ether oxygens (including phenoxy) is 1. The van der Waals surface area contributed by atoms with Crippen molar-refractivity contribution in [3.8, 4) is 0 Å². The van der Waals surface area contributed by atoms with Gasteiger partial charge >= 0.3 is 11.9 Å². The van der Waals surface area contributed by atoms with E-state index >= 15 is 0 Å². The third-order valence-electron chi connectivity index (χ3n) is 1.25. The summed E-state index contributed by atoms with van der Waals surface area (Å²) in [5.41, 5.74) is 0.330. The zero-order valence-corrected chi connectivity index (χ0v) is 8.03. The van der Waals surface area contributed by atoms with Crippen LogP contribution in [0.4, 0.5) is 0 Å². The highest BCUT2D eigenvalue weighted by atomic mass is 16.5. The van der Waals surface area contributed by atoms with E-state index in [1.807, 2.05) is 0 Å². The topological polar surface area (TPSA) is 63.6 Å². The van der Waals surface area contributed by atoms with E-state index in [1.54, 1.807) is 13.8 Å². The van der Waals surface area contributed by atoms with Crippen molar-refractivity contribution in [1.82, 2.24) is 0 Å². The Morgan fingerprint density at radius 2 is 2.00 bits per heavy atom. The fourth-order valence-electron chi connectivity index (χ4n) is 0.631. The number of hydrogen-bond acceptors (Lipinski definition) is 3. The van der Waals surface area contributed by atoms with Crippen LogP contribution in [0.3, 0.4) is 0 Å². The molecular formula is C9H14O4. The van der Waals surface area contributed by atoms with Crippen LogP contribution in [0.5, 0.6) is 0 Å². The summed E-state index contributed by atoms with van der Waals surface area (Å²) in [6, 6.07) is 0. The summed E-state index contributed by atoms with van der Waals surface area (Å²) in [6.45, 7) is 5.01. The Bertz CT molecular complexity index is 228. The minimum atomic E-state index is -0.961. The standard InChI is InChI=1S/C9H14O4/c1-6(2)13-9(12)7(3)4-5-8(10)11/h4,6H,5H2,1-3H3,(H,10,11). The zero-order valence-electron chi connectivity index (χ0n) is 8.03. The zero-order chi connectivity index (χ0) is 10.4. The molecule has 1 N–H and O–H groups in total. The number of carbonyl (C=O) groups is 2. The lowest BCUT2D eigenvalue weighted by Crippen LogP contribution is -2.12. The van der Waals surface area contributed by atoms with E-state index in [0.29, 0.717) is 5.57 Å². The van der Waals surface area contributed by atoms with Gasteiger partial charge in [0.2, 0.25) is 0 Å². The van der Waals surface area contributed by atoms with Gasteiger partial charge < -0.3 is 9.84 Å². The van der Waals surface area contributed by atoms with Crippen LogP contribution in [0.2, 0.25) is 0 Å². The fraction of sp³-hybridized carbons (Fsp3) is 0.556. The van der Waals surface area contributed by atoms with Gasteiger partial charge in [-0.05, 0) is 20.8 Å². The SMILES string of the molecule is CC(=CCC(=O)O)C(=O)OC(C)C. The maximum atomic E-state index is 11.1. The summed E-state index contributed by atoms with van der Waals surface area (Å²) >= 11 is 0. The molecular weight excluding hydrogens is 172 g/mol. The summed E-state index contributed by atoms with van der Waals surface area (Å²) < 4.78 is 4.84. The third-order valence-corrected chi connectivity index (χ3v) is 1.25. The molecule has 0 saturated carbocycles. The number of carboxylic acid groups (broad SMARTS) is 1. The number of aliphatic carboxylic acids is 1. The lowest BCUT2D eigenvalue weighted by Gasteiger charge is -2.07. The Balaban J connectivity index is 4.09. The van der Waals surface area contributed by atoms with Crippen molar-refractivity contribution in [2.24, 2.45) is 0 Å². The normalized spacial score (nSPS) is 11.5. The highest BCUT2D eigenvalue weighted by molar-refractivity contribution is 5.88. The molecule has 0 spiro atoms. The Morgan fingerprint density at radius 1 is 1.46 bits per heavy atom. The number of esters is 1. The van der Waals surface area contributed by atoms with Crippen molar-refractivity contribution >= 4 is 11.9 Å². The van der Waals surface area contributed by atoms with E-state index < -0.39 is 11.9 Å². The van der Waals surface area contributed by atoms with Crippen LogP contribution in [0.15, 0.2) is 11.6 Å². The first-order valence-corrected chi connectivity index (χ1v) is 4.03. The summed E-state index contributed by atoms with van der Waals surface area (Å²) in [7, 11) is 0. The fourth-order valence-corrected chi connectivity index (χ4v) is 0.631. The van der Waals surface area contributed by atoms with Crippen LogP contribution in [-0.2, 0) is 14.3 Å². The van der Waals surface area contributed by atoms with Crippen LogP contribution in [0.1, 0.15) is 27.2 Å². The average Bonchev–Trinajstić information content (AvgIpc) is 1.98. The van der Waals surface area contributed by atoms with Gasteiger partial charge in [0.25, 0.3) is 0 Å². The smallest absolute Gasteiger partial charge is 0.333 e. The van der Waals surface area contributed by atoms with Crippen molar-refractivity contribution in [2.75, 3.05) is 0 Å². The molecule has 0 aliphatic heterocycles. The van der Waals surface area contributed by atoms with Gasteiger partial charge in [-0.15, -0.1) is 0 Å². The Morgan fingerprint density at radius 3 is 2.38 bits per heavy atom. The van der Waals surface area contributed by atoms with E-state index in [9.17, 15) is 9.59 Å². The highest BCUT2D eigenvalue weighted by Gasteiger charge is 2.07. The summed E-state index contributed by atoms with van der Waals surface area (Å²) in [5.74, 6) is -1.42. The van der Waals surface area contributed by atoms with Crippen LogP contribution in [0.25, 0.3) is 0 Å². The molecule has 0 aromatic rings. The molecule has 0 heterocycles. The third kappa shape index (κ3) is 5.90. The first kappa shape index (κ1) is 11.7. The molecule has 74 valence electrons. The molecule has 0 aliphatic carbocycles. The quantitative estimate of drug-likeness (QED) is 0.531. The van der Waals surface area contributed by atoms with E-state index in [4.69, 9.17) is 9.84 Å². The van der Waals surface area contributed by atoms with Gasteiger partial charge in [-0.25, -0.2) is 4.79 Å². The molecule has 0 rings (SSSR count). The summed E-state index contributed by atoms with van der Waals surface area (Å²) in [4.78, 5) is 21.2. The molecule has 0 fully saturated rings. The lowest BCUT2D eigenvalue weighted by molar-refractivity contribution is -0.142. The van der Waals surface area contributed by atoms with Crippen molar-refractivity contribution in [3.05, 3.63) is 11.6 Å². The van der Waals surface area contributed by atoms with Gasteiger partial charge in [0.1, 0.15) is 0 Å². The van der Waals surface area contributed by atoms with Crippen molar-refractivity contribution in [2.45, 2.75) is 33.3 Å². The van der Waals surface area contributed by atoms with Crippen LogP contribution >= 0.6 is 0 Å². The molecule has 0 aromatic carbocycles. The summed E-state index contributed by atoms with van der Waals surface area (Å²) in [5, 5.41) is 8.33. The maximum absolute atomic E-state index is 11.1. The predicted molar refractivity (Wildman–Crippen MR) is 47.2 cm³/mol. The molecule has 13 heavy (non-hydrogen) atoms. The molecule has 0 saturated heterocycles. The number of carbonyl (C=O) groups excluding carboxylic acids is 1. The second-order valence-electron chi connectivity index (χ2n) is 2.94. The molecule has 0 bridgehead atoms. The highest BCUT2D eigenvalue weighted by Crippen LogP contribution is 2.01. The van der Waals surface area contributed by atoms with Crippen LogP contribution < -0.4 is 0 Å². The van der Waals surface area contributed by atoms with Crippen molar-refractivity contribution in [1.29, 1.82) is 0 Å². The minimum Gasteiger partial charge on any atom is -0.481 e. The van der Waals surface area contributed by atoms with Gasteiger partial charge in [-0.2, -0.15) is 0 Å². The first-order chi connectivity index (χ1) is 5.93. The summed E-state index contributed by atoms with van der Waals surface area (Å²) in [6.07, 6.45) is 1.01. The van der Waals surface area contributed by atoms with Gasteiger partial charge in [0, 0.05) is 5.57 Å². The van der Waals surface area contributed by atoms with Crippen molar-refractivity contribution < 1.29 is 19.4 Å². The molecule has 4 heteroatoms. The minimum absolute atomic E-state index is 0.154. The van der Waals surface area contributed by atoms with Gasteiger partial charge in [-0.1, -0.05) is 6.08 Å². The van der Waals surface area contributed by atoms with E-state index in [-0.39, 0.29) is 12.5 Å². The number of carboxylic acids is 1. The van der Waals surface area contributed by atoms with Crippen LogP contribution in [-0.4, -0.2) is 23.1 Å². The Hall–Kier alpha value is -1.32. The molecule has 0 amide bonds. The van der Waals surface area contributed by atoms with Gasteiger partial charge in [0.15, 0.2) is 0 Å². The first-order valence-electron chi connectivity index (χ1n) is 4.03. The van der Waals surface area contributed by atoms with Crippen LogP contribution in [0, 0.1) is 0 Å². The van der Waals surface area contributed by atoms with Gasteiger partial charge in [-0.3, -0.25) is 4.79 Å². The number of hydrogen-bond donors (Lipinski definition) is 1. The second-order valence-corrected chi connectivity index (χ2v) is 2.94. The Labute approximate surface area is 77.2 Å². The van der Waals surface area contributed by atoms with E-state index in [0.717, 1.165) is 0 Å². The second kappa shape index (κ2) is 5.35.